The number of phenols is 1. The van der Waals surface area contributed by atoms with E-state index in [0.29, 0.717) is 11.3 Å². The zero-order valence-electron chi connectivity index (χ0n) is 17.4. The number of carbonyl (C=O) groups is 2. The molecule has 29 heavy (non-hydrogen) atoms. The number of benzene rings is 2. The maximum atomic E-state index is 12.2. The van der Waals surface area contributed by atoms with Gasteiger partial charge in [-0.25, -0.2) is 4.79 Å². The molecule has 0 aliphatic carbocycles. The minimum absolute atomic E-state index is 0.0121. The van der Waals surface area contributed by atoms with E-state index in [1.165, 1.54) is 6.07 Å². The molecule has 0 amide bonds. The molecular weight excluding hydrogens is 372 g/mol. The molecule has 0 saturated carbocycles. The highest BCUT2D eigenvalue weighted by molar-refractivity contribution is 5.89. The summed E-state index contributed by atoms with van der Waals surface area (Å²) in [5.74, 6) is -0.571. The maximum Gasteiger partial charge on any atom is 0.338 e. The van der Waals surface area contributed by atoms with Crippen molar-refractivity contribution < 1.29 is 28.9 Å². The molecule has 0 heterocycles. The summed E-state index contributed by atoms with van der Waals surface area (Å²) >= 11 is 0. The van der Waals surface area contributed by atoms with E-state index in [0.717, 1.165) is 5.56 Å². The van der Waals surface area contributed by atoms with Crippen molar-refractivity contribution in [3.63, 3.8) is 0 Å². The summed E-state index contributed by atoms with van der Waals surface area (Å²) in [7, 11) is 0. The standard InChI is InChI=1S/C23H26O6/c1-14(2)21(25)28-19-12-15(3)10-11-18(19)27-13-16-8-7-9-17(24)20(16)29-22(26)23(4,5)6/h7-12,24H,1,13H2,2-6H3. The van der Waals surface area contributed by atoms with Crippen LogP contribution in [0.5, 0.6) is 23.0 Å². The number of rotatable bonds is 6. The van der Waals surface area contributed by atoms with Crippen molar-refractivity contribution in [1.29, 1.82) is 0 Å². The maximum absolute atomic E-state index is 12.2. The van der Waals surface area contributed by atoms with Gasteiger partial charge in [0.15, 0.2) is 23.0 Å². The lowest BCUT2D eigenvalue weighted by molar-refractivity contribution is -0.143. The molecule has 0 atom stereocenters. The van der Waals surface area contributed by atoms with Crippen molar-refractivity contribution >= 4 is 11.9 Å². The molecule has 2 aromatic carbocycles. The third-order valence-electron chi connectivity index (χ3n) is 3.92. The first kappa shape index (κ1) is 22.0. The van der Waals surface area contributed by atoms with Crippen LogP contribution < -0.4 is 14.2 Å². The van der Waals surface area contributed by atoms with E-state index < -0.39 is 17.4 Å². The molecule has 0 aliphatic heterocycles. The number of aryl methyl sites for hydroxylation is 1. The van der Waals surface area contributed by atoms with Crippen molar-refractivity contribution in [2.75, 3.05) is 0 Å². The van der Waals surface area contributed by atoms with Crippen molar-refractivity contribution in [2.24, 2.45) is 5.41 Å². The fourth-order valence-corrected chi connectivity index (χ4v) is 2.21. The molecular formula is C23H26O6. The van der Waals surface area contributed by atoms with E-state index in [9.17, 15) is 14.7 Å². The predicted molar refractivity (Wildman–Crippen MR) is 109 cm³/mol. The Bertz CT molecular complexity index is 937. The first-order valence-electron chi connectivity index (χ1n) is 9.13. The Balaban J connectivity index is 2.27. The van der Waals surface area contributed by atoms with Crippen molar-refractivity contribution in [3.8, 4) is 23.0 Å². The van der Waals surface area contributed by atoms with Gasteiger partial charge in [-0.05, 0) is 58.4 Å². The number of carbonyl (C=O) groups excluding carboxylic acids is 2. The van der Waals surface area contributed by atoms with Crippen LogP contribution in [0.3, 0.4) is 0 Å². The molecule has 0 radical (unpaired) electrons. The van der Waals surface area contributed by atoms with Crippen LogP contribution in [0.25, 0.3) is 0 Å². The molecule has 0 bridgehead atoms. The normalized spacial score (nSPS) is 10.9. The average molecular weight is 398 g/mol. The van der Waals surface area contributed by atoms with Gasteiger partial charge in [-0.15, -0.1) is 0 Å². The topological polar surface area (TPSA) is 82.1 Å². The molecule has 0 spiro atoms. The summed E-state index contributed by atoms with van der Waals surface area (Å²) in [4.78, 5) is 24.1. The molecule has 0 unspecified atom stereocenters. The number of phenolic OH excluding ortho intramolecular Hbond substituents is 1. The lowest BCUT2D eigenvalue weighted by Crippen LogP contribution is -2.26. The van der Waals surface area contributed by atoms with Crippen LogP contribution in [0.2, 0.25) is 0 Å². The van der Waals surface area contributed by atoms with Crippen LogP contribution in [0, 0.1) is 12.3 Å². The highest BCUT2D eigenvalue weighted by atomic mass is 16.6. The van der Waals surface area contributed by atoms with Crippen LogP contribution in [0.1, 0.15) is 38.8 Å². The van der Waals surface area contributed by atoms with E-state index in [-0.39, 0.29) is 29.4 Å². The highest BCUT2D eigenvalue weighted by Crippen LogP contribution is 2.35. The summed E-state index contributed by atoms with van der Waals surface area (Å²) in [6, 6.07) is 9.91. The summed E-state index contributed by atoms with van der Waals surface area (Å²) < 4.78 is 16.6. The van der Waals surface area contributed by atoms with Gasteiger partial charge >= 0.3 is 11.9 Å². The van der Waals surface area contributed by atoms with Gasteiger partial charge in [0, 0.05) is 11.1 Å². The van der Waals surface area contributed by atoms with Crippen LogP contribution in [-0.2, 0) is 16.2 Å². The molecule has 6 nitrogen and oxygen atoms in total. The van der Waals surface area contributed by atoms with Gasteiger partial charge in [0.05, 0.1) is 5.41 Å². The fourth-order valence-electron chi connectivity index (χ4n) is 2.21. The second-order valence-corrected chi connectivity index (χ2v) is 7.81. The Labute approximate surface area is 170 Å². The molecule has 0 saturated heterocycles. The Morgan fingerprint density at radius 3 is 2.38 bits per heavy atom. The quantitative estimate of drug-likeness (QED) is 0.431. The smallest absolute Gasteiger partial charge is 0.338 e. The number of esters is 2. The summed E-state index contributed by atoms with van der Waals surface area (Å²) in [6.07, 6.45) is 0. The van der Waals surface area contributed by atoms with Gasteiger partial charge in [-0.2, -0.15) is 0 Å². The SMILES string of the molecule is C=C(C)C(=O)Oc1cc(C)ccc1OCc1cccc(O)c1OC(=O)C(C)(C)C. The number of para-hydroxylation sites is 1. The average Bonchev–Trinajstić information content (AvgIpc) is 2.62. The molecule has 0 aliphatic rings. The molecule has 154 valence electrons. The molecule has 1 N–H and O–H groups in total. The number of hydrogen-bond donors (Lipinski definition) is 1. The Morgan fingerprint density at radius 1 is 1.07 bits per heavy atom. The summed E-state index contributed by atoms with van der Waals surface area (Å²) in [5, 5.41) is 10.2. The third kappa shape index (κ3) is 5.85. The van der Waals surface area contributed by atoms with E-state index in [1.54, 1.807) is 52.0 Å². The minimum atomic E-state index is -0.735. The first-order chi connectivity index (χ1) is 13.5. The van der Waals surface area contributed by atoms with Crippen molar-refractivity contribution in [1.82, 2.24) is 0 Å². The zero-order chi connectivity index (χ0) is 21.8. The summed E-state index contributed by atoms with van der Waals surface area (Å²) in [6.45, 7) is 12.1. The molecule has 0 fully saturated rings. The minimum Gasteiger partial charge on any atom is -0.504 e. The Hall–Kier alpha value is -3.28. The second kappa shape index (κ2) is 8.82. The van der Waals surface area contributed by atoms with E-state index >= 15 is 0 Å². The monoisotopic (exact) mass is 398 g/mol. The van der Waals surface area contributed by atoms with Crippen molar-refractivity contribution in [3.05, 3.63) is 59.7 Å². The molecule has 6 heteroatoms. The molecule has 2 aromatic rings. The Kier molecular flexibility index (Phi) is 6.69. The number of aromatic hydroxyl groups is 1. The fraction of sp³-hybridized carbons (Fsp3) is 0.304. The number of hydrogen-bond acceptors (Lipinski definition) is 6. The van der Waals surface area contributed by atoms with Gasteiger partial charge < -0.3 is 19.3 Å². The predicted octanol–water partition coefficient (Wildman–Crippen LogP) is 4.71. The van der Waals surface area contributed by atoms with Crippen molar-refractivity contribution in [2.45, 2.75) is 41.2 Å². The summed E-state index contributed by atoms with van der Waals surface area (Å²) in [5.41, 5.74) is 0.891. The largest absolute Gasteiger partial charge is 0.504 e. The van der Waals surface area contributed by atoms with E-state index in [2.05, 4.69) is 6.58 Å². The number of ether oxygens (including phenoxy) is 3. The Morgan fingerprint density at radius 2 is 1.76 bits per heavy atom. The van der Waals surface area contributed by atoms with Gasteiger partial charge in [0.2, 0.25) is 0 Å². The van der Waals surface area contributed by atoms with Crippen LogP contribution in [0.15, 0.2) is 48.6 Å². The first-order valence-corrected chi connectivity index (χ1v) is 9.13. The molecule has 2 rings (SSSR count). The highest BCUT2D eigenvalue weighted by Gasteiger charge is 2.26. The van der Waals surface area contributed by atoms with Crippen LogP contribution in [0.4, 0.5) is 0 Å². The van der Waals surface area contributed by atoms with Gasteiger partial charge in [-0.1, -0.05) is 24.8 Å². The third-order valence-corrected chi connectivity index (χ3v) is 3.92. The van der Waals surface area contributed by atoms with Crippen LogP contribution >= 0.6 is 0 Å². The van der Waals surface area contributed by atoms with E-state index in [1.807, 2.05) is 13.0 Å². The molecule has 0 aromatic heterocycles. The second-order valence-electron chi connectivity index (χ2n) is 7.81. The van der Waals surface area contributed by atoms with Gasteiger partial charge in [0.1, 0.15) is 6.61 Å². The lowest BCUT2D eigenvalue weighted by atomic mass is 9.97. The van der Waals surface area contributed by atoms with Crippen LogP contribution in [-0.4, -0.2) is 17.0 Å². The van der Waals surface area contributed by atoms with E-state index in [4.69, 9.17) is 14.2 Å². The lowest BCUT2D eigenvalue weighted by Gasteiger charge is -2.19. The van der Waals surface area contributed by atoms with Gasteiger partial charge in [-0.3, -0.25) is 4.79 Å². The van der Waals surface area contributed by atoms with Gasteiger partial charge in [0.25, 0.3) is 0 Å². The zero-order valence-corrected chi connectivity index (χ0v) is 17.4.